The van der Waals surface area contributed by atoms with Gasteiger partial charge in [-0.05, 0) is 35.6 Å². The molecule has 2 fully saturated rings. The van der Waals surface area contributed by atoms with Crippen LogP contribution >= 0.6 is 0 Å². The molecule has 2 N–H and O–H groups in total. The molecule has 192 valence electrons. The Morgan fingerprint density at radius 3 is 2.42 bits per heavy atom. The summed E-state index contributed by atoms with van der Waals surface area (Å²) in [5.41, 5.74) is -0.640. The number of hydrogen-bond acceptors (Lipinski definition) is 6. The molecule has 2 heterocycles. The van der Waals surface area contributed by atoms with Gasteiger partial charge in [-0.3, -0.25) is 4.79 Å². The van der Waals surface area contributed by atoms with E-state index < -0.39 is 35.6 Å². The van der Waals surface area contributed by atoms with Crippen LogP contribution in [0.2, 0.25) is 0 Å². The fourth-order valence-electron chi connectivity index (χ4n) is 4.36. The van der Waals surface area contributed by atoms with Crippen LogP contribution in [0.4, 0.5) is 19.4 Å². The number of halogens is 2. The molecule has 2 aromatic rings. The van der Waals surface area contributed by atoms with Crippen LogP contribution in [0.3, 0.4) is 0 Å². The van der Waals surface area contributed by atoms with Crippen LogP contribution in [0.5, 0.6) is 5.75 Å². The standard InChI is InChI=1S/C25H27F2N3O6/c1-14(2)16-6-4-5-7-17(16)24(12-30(13-24)23(34)36-25(8-9-25)21(32)33)20(31)29-19-18(35-22(26)27)10-15(3)11-28-19/h4-7,10-11,14,22H,8-9,12-13H2,1-3H3,(H,32,33)(H,28,29,31). The maximum Gasteiger partial charge on any atom is 0.410 e. The summed E-state index contributed by atoms with van der Waals surface area (Å²) in [6.45, 7) is 2.29. The van der Waals surface area contributed by atoms with E-state index in [4.69, 9.17) is 4.74 Å². The zero-order valence-electron chi connectivity index (χ0n) is 20.1. The van der Waals surface area contributed by atoms with E-state index in [1.54, 1.807) is 19.1 Å². The van der Waals surface area contributed by atoms with E-state index >= 15 is 0 Å². The number of hydrogen-bond donors (Lipinski definition) is 2. The Morgan fingerprint density at radius 1 is 1.17 bits per heavy atom. The first kappa shape index (κ1) is 25.3. The lowest BCUT2D eigenvalue weighted by Crippen LogP contribution is -2.67. The van der Waals surface area contributed by atoms with Gasteiger partial charge in [0.15, 0.2) is 11.6 Å². The first-order valence-corrected chi connectivity index (χ1v) is 11.5. The highest BCUT2D eigenvalue weighted by Gasteiger charge is 2.59. The van der Waals surface area contributed by atoms with Gasteiger partial charge in [0.25, 0.3) is 0 Å². The van der Waals surface area contributed by atoms with E-state index in [0.717, 1.165) is 5.56 Å². The second-order valence-corrected chi connectivity index (χ2v) is 9.54. The predicted molar refractivity (Wildman–Crippen MR) is 124 cm³/mol. The molecule has 1 aliphatic carbocycles. The number of likely N-dealkylation sites (tertiary alicyclic amines) is 1. The van der Waals surface area contributed by atoms with E-state index in [1.165, 1.54) is 17.2 Å². The first-order chi connectivity index (χ1) is 17.0. The number of benzene rings is 1. The Morgan fingerprint density at radius 2 is 1.83 bits per heavy atom. The minimum atomic E-state index is -3.11. The van der Waals surface area contributed by atoms with E-state index in [-0.39, 0.29) is 43.4 Å². The molecule has 2 amide bonds. The van der Waals surface area contributed by atoms with Gasteiger partial charge < -0.3 is 24.8 Å². The number of carboxylic acids is 1. The molecular formula is C25H27F2N3O6. The summed E-state index contributed by atoms with van der Waals surface area (Å²) < 4.78 is 35.7. The lowest BCUT2D eigenvalue weighted by atomic mass is 9.70. The molecule has 0 unspecified atom stereocenters. The van der Waals surface area contributed by atoms with Gasteiger partial charge in [0.05, 0.1) is 0 Å². The highest BCUT2D eigenvalue weighted by atomic mass is 19.3. The number of rotatable bonds is 8. The molecule has 36 heavy (non-hydrogen) atoms. The number of aromatic nitrogens is 1. The lowest BCUT2D eigenvalue weighted by Gasteiger charge is -2.49. The number of carboxylic acid groups (broad SMARTS) is 1. The minimum absolute atomic E-state index is 0.0452. The van der Waals surface area contributed by atoms with Crippen LogP contribution in [0.15, 0.2) is 36.5 Å². The highest BCUT2D eigenvalue weighted by Crippen LogP contribution is 2.44. The van der Waals surface area contributed by atoms with Crippen molar-refractivity contribution in [2.24, 2.45) is 0 Å². The van der Waals surface area contributed by atoms with Crippen molar-refractivity contribution in [3.05, 3.63) is 53.2 Å². The molecule has 1 aliphatic heterocycles. The highest BCUT2D eigenvalue weighted by molar-refractivity contribution is 6.02. The van der Waals surface area contributed by atoms with Crippen molar-refractivity contribution < 1.29 is 37.7 Å². The maximum atomic E-state index is 13.7. The number of amides is 2. The molecule has 4 rings (SSSR count). The van der Waals surface area contributed by atoms with Gasteiger partial charge >= 0.3 is 18.7 Å². The Labute approximate surface area is 206 Å². The third-order valence-corrected chi connectivity index (χ3v) is 6.53. The van der Waals surface area contributed by atoms with Crippen molar-refractivity contribution in [2.45, 2.75) is 57.2 Å². The van der Waals surface area contributed by atoms with Crippen LogP contribution in [-0.4, -0.2) is 58.3 Å². The SMILES string of the molecule is Cc1cnc(NC(=O)C2(c3ccccc3C(C)C)CN(C(=O)OC3(C(=O)O)CC3)C2)c(OC(F)F)c1. The third-order valence-electron chi connectivity index (χ3n) is 6.53. The number of nitrogens with zero attached hydrogens (tertiary/aromatic N) is 2. The largest absolute Gasteiger partial charge is 0.478 e. The minimum Gasteiger partial charge on any atom is -0.478 e. The van der Waals surface area contributed by atoms with Crippen molar-refractivity contribution in [2.75, 3.05) is 18.4 Å². The molecule has 9 nitrogen and oxygen atoms in total. The third kappa shape index (κ3) is 4.69. The molecule has 1 saturated heterocycles. The van der Waals surface area contributed by atoms with Crippen molar-refractivity contribution in [1.82, 2.24) is 9.88 Å². The zero-order chi connectivity index (χ0) is 26.3. The second kappa shape index (κ2) is 9.36. The molecule has 0 radical (unpaired) electrons. The van der Waals surface area contributed by atoms with Crippen LogP contribution in [0.25, 0.3) is 0 Å². The summed E-state index contributed by atoms with van der Waals surface area (Å²) in [5.74, 6) is -2.17. The fraction of sp³-hybridized carbons (Fsp3) is 0.440. The molecule has 0 bridgehead atoms. The van der Waals surface area contributed by atoms with Gasteiger partial charge in [-0.25, -0.2) is 14.6 Å². The van der Waals surface area contributed by atoms with Crippen molar-refractivity contribution >= 4 is 23.8 Å². The fourth-order valence-corrected chi connectivity index (χ4v) is 4.36. The van der Waals surface area contributed by atoms with Gasteiger partial charge in [-0.15, -0.1) is 0 Å². The maximum absolute atomic E-state index is 13.7. The topological polar surface area (TPSA) is 118 Å². The van der Waals surface area contributed by atoms with E-state index in [1.807, 2.05) is 26.0 Å². The van der Waals surface area contributed by atoms with Crippen molar-refractivity contribution in [3.8, 4) is 5.75 Å². The zero-order valence-corrected chi connectivity index (χ0v) is 20.1. The molecule has 2 aliphatic rings. The molecule has 0 atom stereocenters. The van der Waals surface area contributed by atoms with E-state index in [0.29, 0.717) is 11.1 Å². The van der Waals surface area contributed by atoms with Crippen LogP contribution in [-0.2, 0) is 19.7 Å². The van der Waals surface area contributed by atoms with Gasteiger partial charge in [0.2, 0.25) is 11.5 Å². The number of anilines is 1. The van der Waals surface area contributed by atoms with E-state index in [2.05, 4.69) is 15.0 Å². The summed E-state index contributed by atoms with van der Waals surface area (Å²) >= 11 is 0. The normalized spacial score (nSPS) is 17.4. The summed E-state index contributed by atoms with van der Waals surface area (Å²) in [7, 11) is 0. The Hall–Kier alpha value is -3.76. The van der Waals surface area contributed by atoms with E-state index in [9.17, 15) is 28.3 Å². The van der Waals surface area contributed by atoms with Crippen molar-refractivity contribution in [1.29, 1.82) is 0 Å². The summed E-state index contributed by atoms with van der Waals surface area (Å²) in [5, 5.41) is 11.9. The summed E-state index contributed by atoms with van der Waals surface area (Å²) in [6.07, 6.45) is 1.05. The number of carbonyl (C=O) groups excluding carboxylic acids is 2. The molecule has 1 aromatic carbocycles. The van der Waals surface area contributed by atoms with Crippen LogP contribution in [0, 0.1) is 6.92 Å². The first-order valence-electron chi connectivity index (χ1n) is 11.5. The van der Waals surface area contributed by atoms with Crippen LogP contribution < -0.4 is 10.1 Å². The molecule has 11 heteroatoms. The van der Waals surface area contributed by atoms with Crippen LogP contribution in [0.1, 0.15) is 49.3 Å². The average molecular weight is 504 g/mol. The lowest BCUT2D eigenvalue weighted by molar-refractivity contribution is -0.151. The molecule has 1 aromatic heterocycles. The Kier molecular flexibility index (Phi) is 6.59. The monoisotopic (exact) mass is 503 g/mol. The summed E-state index contributed by atoms with van der Waals surface area (Å²) in [6, 6.07) is 8.63. The number of ether oxygens (including phenoxy) is 2. The number of pyridine rings is 1. The quantitative estimate of drug-likeness (QED) is 0.558. The Balaban J connectivity index is 1.64. The second-order valence-electron chi connectivity index (χ2n) is 9.54. The summed E-state index contributed by atoms with van der Waals surface area (Å²) in [4.78, 5) is 43.2. The molecule has 0 spiro atoms. The molecular weight excluding hydrogens is 476 g/mol. The van der Waals surface area contributed by atoms with Gasteiger partial charge in [0.1, 0.15) is 5.41 Å². The number of aryl methyl sites for hydroxylation is 1. The number of nitrogens with one attached hydrogen (secondary N) is 1. The van der Waals surface area contributed by atoms with Crippen molar-refractivity contribution in [3.63, 3.8) is 0 Å². The number of carbonyl (C=O) groups is 3. The smallest absolute Gasteiger partial charge is 0.410 e. The average Bonchev–Trinajstić information content (AvgIpc) is 3.55. The molecule has 1 saturated carbocycles. The Bertz CT molecular complexity index is 1190. The van der Waals surface area contributed by atoms with Gasteiger partial charge in [0, 0.05) is 32.1 Å². The van der Waals surface area contributed by atoms with Gasteiger partial charge in [-0.1, -0.05) is 38.1 Å². The van der Waals surface area contributed by atoms with Gasteiger partial charge in [-0.2, -0.15) is 8.78 Å². The number of alkyl halides is 2. The predicted octanol–water partition coefficient (Wildman–Crippen LogP) is 4.06. The number of aliphatic carboxylic acids is 1.